The Morgan fingerprint density at radius 3 is 2.56 bits per heavy atom. The van der Waals surface area contributed by atoms with Gasteiger partial charge in [-0.2, -0.15) is 0 Å². The van der Waals surface area contributed by atoms with Crippen molar-refractivity contribution in [1.29, 1.82) is 0 Å². The van der Waals surface area contributed by atoms with E-state index >= 15 is 0 Å². The second-order valence-electron chi connectivity index (χ2n) is 5.15. The minimum absolute atomic E-state index is 0.546. The van der Waals surface area contributed by atoms with Crippen LogP contribution in [0.3, 0.4) is 0 Å². The molecule has 0 spiro atoms. The lowest BCUT2D eigenvalue weighted by Crippen LogP contribution is -2.40. The van der Waals surface area contributed by atoms with Gasteiger partial charge in [0.15, 0.2) is 0 Å². The molecule has 0 radical (unpaired) electrons. The van der Waals surface area contributed by atoms with Gasteiger partial charge in [0.2, 0.25) is 5.95 Å². The van der Waals surface area contributed by atoms with Crippen LogP contribution in [0, 0.1) is 9.49 Å². The third-order valence-electron chi connectivity index (χ3n) is 3.81. The average molecular weight is 361 g/mol. The Balaban J connectivity index is 1.84. The molecule has 0 aliphatic heterocycles. The summed E-state index contributed by atoms with van der Waals surface area (Å²) in [4.78, 5) is 8.37. The van der Waals surface area contributed by atoms with Crippen molar-refractivity contribution >= 4 is 28.5 Å². The van der Waals surface area contributed by atoms with Gasteiger partial charge in [-0.15, -0.1) is 0 Å². The molecule has 0 atom stereocenters. The van der Waals surface area contributed by atoms with E-state index in [4.69, 9.17) is 0 Å². The molecule has 1 fully saturated rings. The van der Waals surface area contributed by atoms with Gasteiger partial charge in [-0.3, -0.25) is 0 Å². The molecule has 2 N–H and O–H groups in total. The van der Waals surface area contributed by atoms with Gasteiger partial charge < -0.3 is 10.4 Å². The van der Waals surface area contributed by atoms with E-state index in [1.165, 1.54) is 6.42 Å². The summed E-state index contributed by atoms with van der Waals surface area (Å²) in [6, 6.07) is 0. The summed E-state index contributed by atoms with van der Waals surface area (Å²) in [6.07, 6.45) is 8.78. The molecule has 0 amide bonds. The summed E-state index contributed by atoms with van der Waals surface area (Å²) in [6.45, 7) is 2.77. The molecule has 1 heterocycles. The van der Waals surface area contributed by atoms with E-state index in [2.05, 4.69) is 44.8 Å². The number of hydrogen-bond acceptors (Lipinski definition) is 4. The number of nitrogens with one attached hydrogen (secondary N) is 1. The molecule has 5 heteroatoms. The largest absolute Gasteiger partial charge is 0.388 e. The quantitative estimate of drug-likeness (QED) is 0.810. The number of rotatable bonds is 4. The maximum Gasteiger partial charge on any atom is 0.222 e. The molecule has 0 aromatic carbocycles. The molecule has 1 saturated carbocycles. The van der Waals surface area contributed by atoms with E-state index < -0.39 is 5.60 Å². The summed E-state index contributed by atoms with van der Waals surface area (Å²) in [5.41, 5.74) is -0.585. The van der Waals surface area contributed by atoms with E-state index in [1.54, 1.807) is 12.4 Å². The van der Waals surface area contributed by atoms with Crippen LogP contribution in [-0.2, 0) is 0 Å². The Kier molecular flexibility index (Phi) is 4.77. The summed E-state index contributed by atoms with van der Waals surface area (Å²) in [5, 5.41) is 13.6. The standard InChI is InChI=1S/C13H20IN3O/c1-2-10-3-5-13(18,6-4-10)9-17-12-15-7-11(14)8-16-12/h7-8,10,18H,2-6,9H2,1H3,(H,15,16,17). The fourth-order valence-corrected chi connectivity index (χ4v) is 2.73. The fourth-order valence-electron chi connectivity index (χ4n) is 2.45. The van der Waals surface area contributed by atoms with E-state index in [-0.39, 0.29) is 0 Å². The first-order valence-electron chi connectivity index (χ1n) is 6.55. The molecule has 0 unspecified atom stereocenters. The highest BCUT2D eigenvalue weighted by molar-refractivity contribution is 14.1. The van der Waals surface area contributed by atoms with Crippen molar-refractivity contribution < 1.29 is 5.11 Å². The van der Waals surface area contributed by atoms with Gasteiger partial charge in [-0.25, -0.2) is 9.97 Å². The number of hydrogen-bond donors (Lipinski definition) is 2. The summed E-state index contributed by atoms with van der Waals surface area (Å²) in [7, 11) is 0. The molecule has 1 aliphatic carbocycles. The van der Waals surface area contributed by atoms with Gasteiger partial charge in [0.1, 0.15) is 0 Å². The lowest BCUT2D eigenvalue weighted by Gasteiger charge is -2.35. The SMILES string of the molecule is CCC1CCC(O)(CNc2ncc(I)cn2)CC1. The zero-order valence-corrected chi connectivity index (χ0v) is 12.9. The van der Waals surface area contributed by atoms with Crippen molar-refractivity contribution in [1.82, 2.24) is 9.97 Å². The highest BCUT2D eigenvalue weighted by atomic mass is 127. The molecule has 1 aromatic rings. The van der Waals surface area contributed by atoms with Crippen LogP contribution < -0.4 is 5.32 Å². The van der Waals surface area contributed by atoms with Crippen molar-refractivity contribution in [3.63, 3.8) is 0 Å². The monoisotopic (exact) mass is 361 g/mol. The number of aliphatic hydroxyl groups is 1. The van der Waals surface area contributed by atoms with Crippen LogP contribution >= 0.6 is 22.6 Å². The molecule has 18 heavy (non-hydrogen) atoms. The van der Waals surface area contributed by atoms with Gasteiger partial charge >= 0.3 is 0 Å². The molecular weight excluding hydrogens is 341 g/mol. The topological polar surface area (TPSA) is 58.0 Å². The number of halogens is 1. The first-order chi connectivity index (χ1) is 8.61. The lowest BCUT2D eigenvalue weighted by atomic mass is 9.78. The van der Waals surface area contributed by atoms with E-state index in [1.807, 2.05) is 0 Å². The van der Waals surface area contributed by atoms with Crippen molar-refractivity contribution in [2.24, 2.45) is 5.92 Å². The summed E-state index contributed by atoms with van der Waals surface area (Å²) >= 11 is 2.18. The first-order valence-corrected chi connectivity index (χ1v) is 7.63. The van der Waals surface area contributed by atoms with Gasteiger partial charge in [-0.1, -0.05) is 13.3 Å². The van der Waals surface area contributed by atoms with E-state index in [0.717, 1.165) is 35.2 Å². The Labute approximate surface area is 122 Å². The van der Waals surface area contributed by atoms with Crippen molar-refractivity contribution in [3.05, 3.63) is 16.0 Å². The lowest BCUT2D eigenvalue weighted by molar-refractivity contribution is 0.00216. The smallest absolute Gasteiger partial charge is 0.222 e. The van der Waals surface area contributed by atoms with Crippen LogP contribution in [0.4, 0.5) is 5.95 Å². The van der Waals surface area contributed by atoms with E-state index in [9.17, 15) is 5.11 Å². The highest BCUT2D eigenvalue weighted by Gasteiger charge is 2.32. The Hall–Kier alpha value is -0.430. The molecule has 4 nitrogen and oxygen atoms in total. The molecule has 100 valence electrons. The van der Waals surface area contributed by atoms with Gasteiger partial charge in [-0.05, 0) is 54.2 Å². The molecule has 1 aromatic heterocycles. The maximum atomic E-state index is 10.5. The zero-order chi connectivity index (χ0) is 13.0. The normalized spacial score (nSPS) is 28.1. The third kappa shape index (κ3) is 3.78. The van der Waals surface area contributed by atoms with Crippen LogP contribution in [0.15, 0.2) is 12.4 Å². The molecule has 0 saturated heterocycles. The molecule has 1 aliphatic rings. The van der Waals surface area contributed by atoms with Crippen molar-refractivity contribution in [3.8, 4) is 0 Å². The molecule has 2 rings (SSSR count). The molecular formula is C13H20IN3O. The minimum atomic E-state index is -0.585. The Bertz CT molecular complexity index is 374. The second-order valence-corrected chi connectivity index (χ2v) is 6.40. The van der Waals surface area contributed by atoms with Gasteiger partial charge in [0, 0.05) is 22.5 Å². The van der Waals surface area contributed by atoms with Crippen LogP contribution in [0.1, 0.15) is 39.0 Å². The fraction of sp³-hybridized carbons (Fsp3) is 0.692. The number of anilines is 1. The van der Waals surface area contributed by atoms with Gasteiger partial charge in [0.05, 0.1) is 5.60 Å². The van der Waals surface area contributed by atoms with Crippen LogP contribution in [0.25, 0.3) is 0 Å². The van der Waals surface area contributed by atoms with Crippen molar-refractivity contribution in [2.45, 2.75) is 44.6 Å². The summed E-state index contributed by atoms with van der Waals surface area (Å²) in [5.74, 6) is 1.39. The van der Waals surface area contributed by atoms with Crippen LogP contribution in [0.5, 0.6) is 0 Å². The number of nitrogens with zero attached hydrogens (tertiary/aromatic N) is 2. The van der Waals surface area contributed by atoms with E-state index in [0.29, 0.717) is 12.5 Å². The van der Waals surface area contributed by atoms with Crippen LogP contribution in [-0.4, -0.2) is 27.2 Å². The average Bonchev–Trinajstić information content (AvgIpc) is 2.39. The maximum absolute atomic E-state index is 10.5. The third-order valence-corrected chi connectivity index (χ3v) is 4.37. The number of aromatic nitrogens is 2. The highest BCUT2D eigenvalue weighted by Crippen LogP contribution is 2.33. The van der Waals surface area contributed by atoms with Crippen LogP contribution in [0.2, 0.25) is 0 Å². The predicted molar refractivity (Wildman–Crippen MR) is 80.4 cm³/mol. The Morgan fingerprint density at radius 2 is 2.00 bits per heavy atom. The predicted octanol–water partition coefficient (Wildman–Crippen LogP) is 2.82. The Morgan fingerprint density at radius 1 is 1.39 bits per heavy atom. The second kappa shape index (κ2) is 6.14. The molecule has 0 bridgehead atoms. The zero-order valence-electron chi connectivity index (χ0n) is 10.7. The van der Waals surface area contributed by atoms with Gasteiger partial charge in [0.25, 0.3) is 0 Å². The van der Waals surface area contributed by atoms with Crippen molar-refractivity contribution in [2.75, 3.05) is 11.9 Å². The first kappa shape index (κ1) is 14.0. The minimum Gasteiger partial charge on any atom is -0.388 e. The summed E-state index contributed by atoms with van der Waals surface area (Å²) < 4.78 is 1.01.